The number of anilines is 2. The molecular formula is C16H17ClN4O. The van der Waals surface area contributed by atoms with Crippen LogP contribution in [-0.4, -0.2) is 30.0 Å². The van der Waals surface area contributed by atoms with Crippen molar-refractivity contribution in [3.8, 4) is 0 Å². The van der Waals surface area contributed by atoms with Gasteiger partial charge in [0.2, 0.25) is 0 Å². The van der Waals surface area contributed by atoms with Gasteiger partial charge < -0.3 is 16.0 Å². The van der Waals surface area contributed by atoms with Crippen molar-refractivity contribution in [2.45, 2.75) is 12.5 Å². The smallest absolute Gasteiger partial charge is 0.250 e. The molecule has 2 aromatic rings. The number of nitrogens with one attached hydrogen (secondary N) is 1. The molecule has 1 aromatic carbocycles. The molecule has 1 aliphatic rings. The zero-order valence-corrected chi connectivity index (χ0v) is 12.8. The number of hydrogen-bond acceptors (Lipinski definition) is 4. The van der Waals surface area contributed by atoms with Gasteiger partial charge >= 0.3 is 0 Å². The van der Waals surface area contributed by atoms with Gasteiger partial charge in [0.05, 0.1) is 10.6 Å². The number of carbonyl (C=O) groups is 1. The quantitative estimate of drug-likeness (QED) is 0.909. The van der Waals surface area contributed by atoms with Gasteiger partial charge in [-0.15, -0.1) is 0 Å². The summed E-state index contributed by atoms with van der Waals surface area (Å²) < 4.78 is 0. The summed E-state index contributed by atoms with van der Waals surface area (Å²) in [5.74, 6) is 0.408. The lowest BCUT2D eigenvalue weighted by Gasteiger charge is -2.21. The van der Waals surface area contributed by atoms with E-state index in [9.17, 15) is 4.79 Å². The Morgan fingerprint density at radius 3 is 2.86 bits per heavy atom. The first-order valence-corrected chi connectivity index (χ1v) is 7.53. The van der Waals surface area contributed by atoms with Crippen LogP contribution in [0.25, 0.3) is 0 Å². The van der Waals surface area contributed by atoms with Gasteiger partial charge in [-0.25, -0.2) is 4.98 Å². The van der Waals surface area contributed by atoms with E-state index in [0.29, 0.717) is 10.6 Å². The highest BCUT2D eigenvalue weighted by Gasteiger charge is 2.25. The van der Waals surface area contributed by atoms with Crippen LogP contribution in [0.15, 0.2) is 42.6 Å². The Morgan fingerprint density at radius 1 is 1.32 bits per heavy atom. The van der Waals surface area contributed by atoms with Crippen molar-refractivity contribution in [2.75, 3.05) is 23.3 Å². The number of para-hydroxylation sites is 1. The third-order valence-corrected chi connectivity index (χ3v) is 4.00. The van der Waals surface area contributed by atoms with Crippen LogP contribution in [0.5, 0.6) is 0 Å². The average Bonchev–Trinajstić information content (AvgIpc) is 2.98. The van der Waals surface area contributed by atoms with Crippen LogP contribution in [0.2, 0.25) is 5.02 Å². The summed E-state index contributed by atoms with van der Waals surface area (Å²) in [4.78, 5) is 18.0. The van der Waals surface area contributed by atoms with E-state index in [1.54, 1.807) is 12.3 Å². The molecule has 0 radical (unpaired) electrons. The number of aromatic nitrogens is 1. The van der Waals surface area contributed by atoms with Gasteiger partial charge in [0, 0.05) is 31.0 Å². The topological polar surface area (TPSA) is 71.2 Å². The molecule has 114 valence electrons. The molecule has 1 fully saturated rings. The van der Waals surface area contributed by atoms with Gasteiger partial charge in [0.15, 0.2) is 0 Å². The number of primary amides is 1. The molecule has 3 N–H and O–H groups in total. The van der Waals surface area contributed by atoms with E-state index in [0.717, 1.165) is 31.0 Å². The lowest BCUT2D eigenvalue weighted by atomic mass is 10.1. The number of nitrogens with two attached hydrogens (primary N) is 1. The molecule has 6 heteroatoms. The molecule has 1 saturated heterocycles. The van der Waals surface area contributed by atoms with Crippen molar-refractivity contribution < 1.29 is 4.79 Å². The van der Waals surface area contributed by atoms with Crippen molar-refractivity contribution in [3.63, 3.8) is 0 Å². The van der Waals surface area contributed by atoms with Gasteiger partial charge in [-0.1, -0.05) is 23.7 Å². The summed E-state index contributed by atoms with van der Waals surface area (Å²) in [6.07, 6.45) is 2.59. The van der Waals surface area contributed by atoms with Crippen LogP contribution in [0, 0.1) is 0 Å². The van der Waals surface area contributed by atoms with Gasteiger partial charge in [0.1, 0.15) is 5.82 Å². The molecule has 0 bridgehead atoms. The second-order valence-corrected chi connectivity index (χ2v) is 5.76. The lowest BCUT2D eigenvalue weighted by molar-refractivity contribution is 0.100. The van der Waals surface area contributed by atoms with E-state index < -0.39 is 5.91 Å². The predicted octanol–water partition coefficient (Wildman–Crippen LogP) is 2.52. The third kappa shape index (κ3) is 3.14. The number of amides is 1. The molecule has 0 aliphatic carbocycles. The first-order valence-electron chi connectivity index (χ1n) is 7.15. The van der Waals surface area contributed by atoms with Gasteiger partial charge in [-0.05, 0) is 30.7 Å². The van der Waals surface area contributed by atoms with Gasteiger partial charge in [0.25, 0.3) is 5.91 Å². The molecule has 1 amide bonds. The highest BCUT2D eigenvalue weighted by atomic mass is 35.5. The molecule has 1 aromatic heterocycles. The summed E-state index contributed by atoms with van der Waals surface area (Å²) in [5, 5.41) is 4.01. The van der Waals surface area contributed by atoms with Crippen molar-refractivity contribution in [1.29, 1.82) is 0 Å². The normalized spacial score (nSPS) is 17.5. The van der Waals surface area contributed by atoms with E-state index in [1.165, 1.54) is 0 Å². The number of nitrogens with zero attached hydrogens (tertiary/aromatic N) is 2. The van der Waals surface area contributed by atoms with Gasteiger partial charge in [-0.2, -0.15) is 0 Å². The number of hydrogen-bond donors (Lipinski definition) is 2. The number of benzene rings is 1. The van der Waals surface area contributed by atoms with Crippen LogP contribution in [-0.2, 0) is 0 Å². The first-order chi connectivity index (χ1) is 10.6. The molecule has 2 heterocycles. The number of halogens is 1. The molecule has 1 atom stereocenters. The zero-order valence-electron chi connectivity index (χ0n) is 12.0. The van der Waals surface area contributed by atoms with E-state index in [-0.39, 0.29) is 6.04 Å². The molecule has 0 spiro atoms. The van der Waals surface area contributed by atoms with Crippen molar-refractivity contribution >= 4 is 29.0 Å². The average molecular weight is 317 g/mol. The molecule has 1 aliphatic heterocycles. The molecule has 0 saturated carbocycles. The summed E-state index contributed by atoms with van der Waals surface area (Å²) >= 11 is 5.84. The Balaban J connectivity index is 1.70. The SMILES string of the molecule is NC(=O)c1ccccc1N1CC[C@H](Nc2ccc(Cl)cn2)C1. The zero-order chi connectivity index (χ0) is 15.5. The molecular weight excluding hydrogens is 300 g/mol. The maximum atomic E-state index is 11.5. The fraction of sp³-hybridized carbons (Fsp3) is 0.250. The number of rotatable bonds is 4. The fourth-order valence-electron chi connectivity index (χ4n) is 2.72. The molecule has 0 unspecified atom stereocenters. The Kier molecular flexibility index (Phi) is 4.15. The number of carbonyl (C=O) groups excluding carboxylic acids is 1. The Hall–Kier alpha value is -2.27. The second kappa shape index (κ2) is 6.23. The van der Waals surface area contributed by atoms with Crippen molar-refractivity contribution in [1.82, 2.24) is 4.98 Å². The molecule has 22 heavy (non-hydrogen) atoms. The van der Waals surface area contributed by atoms with Crippen LogP contribution < -0.4 is 16.0 Å². The highest BCUT2D eigenvalue weighted by Crippen LogP contribution is 2.25. The predicted molar refractivity (Wildman–Crippen MR) is 88.4 cm³/mol. The Morgan fingerprint density at radius 2 is 2.14 bits per heavy atom. The fourth-order valence-corrected chi connectivity index (χ4v) is 2.84. The van der Waals surface area contributed by atoms with E-state index >= 15 is 0 Å². The van der Waals surface area contributed by atoms with E-state index in [1.807, 2.05) is 30.3 Å². The van der Waals surface area contributed by atoms with Crippen molar-refractivity contribution in [3.05, 3.63) is 53.2 Å². The maximum absolute atomic E-state index is 11.5. The summed E-state index contributed by atoms with van der Waals surface area (Å²) in [7, 11) is 0. The van der Waals surface area contributed by atoms with Gasteiger partial charge in [-0.3, -0.25) is 4.79 Å². The van der Waals surface area contributed by atoms with E-state index in [2.05, 4.69) is 15.2 Å². The lowest BCUT2D eigenvalue weighted by Crippen LogP contribution is -2.28. The van der Waals surface area contributed by atoms with E-state index in [4.69, 9.17) is 17.3 Å². The molecule has 5 nitrogen and oxygen atoms in total. The van der Waals surface area contributed by atoms with Crippen LogP contribution in [0.1, 0.15) is 16.8 Å². The Bertz CT molecular complexity index is 674. The van der Waals surface area contributed by atoms with Crippen molar-refractivity contribution in [2.24, 2.45) is 5.73 Å². The van der Waals surface area contributed by atoms with Crippen LogP contribution >= 0.6 is 11.6 Å². The number of pyridine rings is 1. The maximum Gasteiger partial charge on any atom is 0.250 e. The van der Waals surface area contributed by atoms with Crippen LogP contribution in [0.4, 0.5) is 11.5 Å². The minimum Gasteiger partial charge on any atom is -0.369 e. The third-order valence-electron chi connectivity index (χ3n) is 3.78. The summed E-state index contributed by atoms with van der Waals surface area (Å²) in [5.41, 5.74) is 6.91. The summed E-state index contributed by atoms with van der Waals surface area (Å²) in [6.45, 7) is 1.67. The largest absolute Gasteiger partial charge is 0.369 e. The summed E-state index contributed by atoms with van der Waals surface area (Å²) in [6, 6.07) is 11.4. The molecule has 3 rings (SSSR count). The minimum absolute atomic E-state index is 0.273. The minimum atomic E-state index is -0.397. The monoisotopic (exact) mass is 316 g/mol. The first kappa shape index (κ1) is 14.7. The Labute approximate surface area is 134 Å². The standard InChI is InChI=1S/C16H17ClN4O/c17-11-5-6-15(19-9-11)20-12-7-8-21(10-12)14-4-2-1-3-13(14)16(18)22/h1-6,9,12H,7-8,10H2,(H2,18,22)(H,19,20)/t12-/m0/s1. The highest BCUT2D eigenvalue weighted by molar-refractivity contribution is 6.30. The second-order valence-electron chi connectivity index (χ2n) is 5.32. The van der Waals surface area contributed by atoms with Crippen LogP contribution in [0.3, 0.4) is 0 Å².